The summed E-state index contributed by atoms with van der Waals surface area (Å²) < 4.78 is 1.71. The molecule has 0 N–H and O–H groups in total. The molecule has 0 bridgehead atoms. The molecule has 24 heavy (non-hydrogen) atoms. The molecule has 1 aromatic carbocycles. The second kappa shape index (κ2) is 7.34. The Hall–Kier alpha value is -1.89. The highest BCUT2D eigenvalue weighted by molar-refractivity contribution is 7.99. The fourth-order valence-corrected chi connectivity index (χ4v) is 3.91. The Bertz CT molecular complexity index is 730. The number of benzene rings is 1. The summed E-state index contributed by atoms with van der Waals surface area (Å²) >= 11 is 1.40. The van der Waals surface area contributed by atoms with Gasteiger partial charge in [0.2, 0.25) is 11.1 Å². The van der Waals surface area contributed by atoms with Crippen LogP contribution in [0, 0.1) is 13.8 Å². The van der Waals surface area contributed by atoms with Gasteiger partial charge < -0.3 is 4.90 Å². The lowest BCUT2D eigenvalue weighted by Crippen LogP contribution is -2.43. The standard InChI is InChI=1S/C17H23N5OS/c1-12-7-8-15(13(2)10-12)22-17(18-19-20-22)24-11-16(23)21-9-5-4-6-14(21)3/h7-8,10,14H,4-6,9,11H2,1-3H3/t14-/m1/s1. The molecule has 0 radical (unpaired) electrons. The highest BCUT2D eigenvalue weighted by atomic mass is 32.2. The molecule has 1 atom stereocenters. The van der Waals surface area contributed by atoms with Gasteiger partial charge in [0.25, 0.3) is 0 Å². The van der Waals surface area contributed by atoms with Gasteiger partial charge in [-0.15, -0.1) is 5.10 Å². The summed E-state index contributed by atoms with van der Waals surface area (Å²) in [7, 11) is 0. The highest BCUT2D eigenvalue weighted by Gasteiger charge is 2.23. The average molecular weight is 345 g/mol. The first-order valence-corrected chi connectivity index (χ1v) is 9.33. The van der Waals surface area contributed by atoms with Gasteiger partial charge in [-0.3, -0.25) is 4.79 Å². The third-order valence-corrected chi connectivity index (χ3v) is 5.37. The zero-order chi connectivity index (χ0) is 17.1. The van der Waals surface area contributed by atoms with Crippen LogP contribution in [0.3, 0.4) is 0 Å². The fraction of sp³-hybridized carbons (Fsp3) is 0.529. The van der Waals surface area contributed by atoms with Gasteiger partial charge in [-0.25, -0.2) is 0 Å². The number of nitrogens with zero attached hydrogens (tertiary/aromatic N) is 5. The topological polar surface area (TPSA) is 63.9 Å². The van der Waals surface area contributed by atoms with Gasteiger partial charge >= 0.3 is 0 Å². The Morgan fingerprint density at radius 1 is 1.33 bits per heavy atom. The number of amides is 1. The molecule has 2 heterocycles. The molecule has 1 amide bonds. The fourth-order valence-electron chi connectivity index (χ4n) is 3.14. The van der Waals surface area contributed by atoms with Crippen molar-refractivity contribution >= 4 is 17.7 Å². The number of piperidine rings is 1. The second-order valence-corrected chi connectivity index (χ2v) is 7.33. The van der Waals surface area contributed by atoms with Crippen LogP contribution >= 0.6 is 11.8 Å². The highest BCUT2D eigenvalue weighted by Crippen LogP contribution is 2.23. The van der Waals surface area contributed by atoms with Crippen molar-refractivity contribution < 1.29 is 4.79 Å². The summed E-state index contributed by atoms with van der Waals surface area (Å²) in [5, 5.41) is 12.6. The number of tetrazole rings is 1. The summed E-state index contributed by atoms with van der Waals surface area (Å²) in [6.45, 7) is 7.09. The van der Waals surface area contributed by atoms with Crippen LogP contribution in [-0.2, 0) is 4.79 Å². The Labute approximate surface area is 146 Å². The van der Waals surface area contributed by atoms with Crippen LogP contribution < -0.4 is 0 Å². The van der Waals surface area contributed by atoms with Crippen molar-refractivity contribution in [2.24, 2.45) is 0 Å². The van der Waals surface area contributed by atoms with Gasteiger partial charge in [0.1, 0.15) is 0 Å². The molecule has 2 aromatic rings. The first-order chi connectivity index (χ1) is 11.6. The van der Waals surface area contributed by atoms with Crippen LogP contribution in [0.2, 0.25) is 0 Å². The van der Waals surface area contributed by atoms with Crippen molar-refractivity contribution in [1.82, 2.24) is 25.1 Å². The van der Waals surface area contributed by atoms with Crippen molar-refractivity contribution in [2.75, 3.05) is 12.3 Å². The third-order valence-electron chi connectivity index (χ3n) is 4.47. The number of thioether (sulfide) groups is 1. The van der Waals surface area contributed by atoms with E-state index >= 15 is 0 Å². The van der Waals surface area contributed by atoms with Gasteiger partial charge in [-0.1, -0.05) is 29.5 Å². The number of aryl methyl sites for hydroxylation is 2. The second-order valence-electron chi connectivity index (χ2n) is 6.38. The lowest BCUT2D eigenvalue weighted by atomic mass is 10.0. The van der Waals surface area contributed by atoms with Gasteiger partial charge in [-0.05, 0) is 62.1 Å². The number of hydrogen-bond acceptors (Lipinski definition) is 5. The third kappa shape index (κ3) is 3.61. The van der Waals surface area contributed by atoms with E-state index in [2.05, 4.69) is 35.4 Å². The van der Waals surface area contributed by atoms with E-state index in [-0.39, 0.29) is 5.91 Å². The maximum absolute atomic E-state index is 12.5. The van der Waals surface area contributed by atoms with Crippen molar-refractivity contribution in [1.29, 1.82) is 0 Å². The molecule has 0 aliphatic carbocycles. The molecular formula is C17H23N5OS. The molecule has 0 saturated carbocycles. The predicted molar refractivity (Wildman–Crippen MR) is 94.4 cm³/mol. The lowest BCUT2D eigenvalue weighted by molar-refractivity contribution is -0.131. The molecule has 0 unspecified atom stereocenters. The van der Waals surface area contributed by atoms with E-state index in [1.807, 2.05) is 24.0 Å². The molecule has 1 aliphatic rings. The van der Waals surface area contributed by atoms with Crippen LogP contribution in [0.15, 0.2) is 23.4 Å². The molecule has 7 heteroatoms. The van der Waals surface area contributed by atoms with Gasteiger partial charge in [0, 0.05) is 12.6 Å². The van der Waals surface area contributed by atoms with Crippen molar-refractivity contribution in [3.05, 3.63) is 29.3 Å². The maximum atomic E-state index is 12.5. The summed E-state index contributed by atoms with van der Waals surface area (Å²) in [6.07, 6.45) is 3.40. The van der Waals surface area contributed by atoms with Crippen molar-refractivity contribution in [3.63, 3.8) is 0 Å². The number of likely N-dealkylation sites (tertiary alicyclic amines) is 1. The quantitative estimate of drug-likeness (QED) is 0.797. The minimum atomic E-state index is 0.169. The molecule has 1 fully saturated rings. The van der Waals surface area contributed by atoms with Gasteiger partial charge in [0.05, 0.1) is 11.4 Å². The van der Waals surface area contributed by atoms with Crippen LogP contribution in [0.5, 0.6) is 0 Å². The number of hydrogen-bond donors (Lipinski definition) is 0. The zero-order valence-corrected chi connectivity index (χ0v) is 15.2. The van der Waals surface area contributed by atoms with E-state index in [0.29, 0.717) is 17.0 Å². The molecule has 6 nitrogen and oxygen atoms in total. The number of rotatable bonds is 4. The molecule has 3 rings (SSSR count). The van der Waals surface area contributed by atoms with Crippen LogP contribution in [-0.4, -0.2) is 49.4 Å². The molecule has 128 valence electrons. The largest absolute Gasteiger partial charge is 0.339 e. The molecule has 1 aromatic heterocycles. The van der Waals surface area contributed by atoms with Crippen LogP contribution in [0.4, 0.5) is 0 Å². The Morgan fingerprint density at radius 2 is 2.17 bits per heavy atom. The summed E-state index contributed by atoms with van der Waals surface area (Å²) in [6, 6.07) is 6.49. The van der Waals surface area contributed by atoms with Crippen LogP contribution in [0.1, 0.15) is 37.3 Å². The van der Waals surface area contributed by atoms with Crippen molar-refractivity contribution in [3.8, 4) is 5.69 Å². The maximum Gasteiger partial charge on any atom is 0.233 e. The minimum absolute atomic E-state index is 0.169. The number of carbonyl (C=O) groups is 1. The smallest absolute Gasteiger partial charge is 0.233 e. The molecule has 0 spiro atoms. The normalized spacial score (nSPS) is 18.0. The summed E-state index contributed by atoms with van der Waals surface area (Å²) in [5.41, 5.74) is 3.26. The van der Waals surface area contributed by atoms with E-state index in [9.17, 15) is 4.79 Å². The van der Waals surface area contributed by atoms with E-state index in [1.54, 1.807) is 4.68 Å². The monoisotopic (exact) mass is 345 g/mol. The lowest BCUT2D eigenvalue weighted by Gasteiger charge is -2.33. The summed E-state index contributed by atoms with van der Waals surface area (Å²) in [4.78, 5) is 14.5. The van der Waals surface area contributed by atoms with Crippen molar-refractivity contribution in [2.45, 2.75) is 51.2 Å². The first-order valence-electron chi connectivity index (χ1n) is 8.34. The van der Waals surface area contributed by atoms with E-state index in [0.717, 1.165) is 30.6 Å². The number of carbonyl (C=O) groups excluding carboxylic acids is 1. The van der Waals surface area contributed by atoms with Gasteiger partial charge in [0.15, 0.2) is 0 Å². The zero-order valence-electron chi connectivity index (χ0n) is 14.4. The molecular weight excluding hydrogens is 322 g/mol. The first kappa shape index (κ1) is 17.0. The van der Waals surface area contributed by atoms with E-state index < -0.39 is 0 Å². The minimum Gasteiger partial charge on any atom is -0.339 e. The van der Waals surface area contributed by atoms with E-state index in [4.69, 9.17) is 0 Å². The summed E-state index contributed by atoms with van der Waals surface area (Å²) in [5.74, 6) is 0.540. The molecule has 1 saturated heterocycles. The average Bonchev–Trinajstić information content (AvgIpc) is 3.01. The van der Waals surface area contributed by atoms with Gasteiger partial charge in [-0.2, -0.15) is 4.68 Å². The van der Waals surface area contributed by atoms with E-state index in [1.165, 1.54) is 23.7 Å². The van der Waals surface area contributed by atoms with Crippen LogP contribution in [0.25, 0.3) is 5.69 Å². The predicted octanol–water partition coefficient (Wildman–Crippen LogP) is 2.77. The Morgan fingerprint density at radius 3 is 2.92 bits per heavy atom. The molecule has 1 aliphatic heterocycles. The number of aromatic nitrogens is 4. The Kier molecular flexibility index (Phi) is 5.18. The Balaban J connectivity index is 1.71. The SMILES string of the molecule is Cc1ccc(-n2nnnc2SCC(=O)N2CCCC[C@H]2C)c(C)c1.